The molecule has 14 heavy (non-hydrogen) atoms. The van der Waals surface area contributed by atoms with Gasteiger partial charge in [-0.3, -0.25) is 4.79 Å². The van der Waals surface area contributed by atoms with Crippen LogP contribution in [0, 0.1) is 23.2 Å². The Morgan fingerprint density at radius 2 is 2.07 bits per heavy atom. The van der Waals surface area contributed by atoms with Crippen LogP contribution in [0.25, 0.3) is 0 Å². The molecule has 1 N–H and O–H groups in total. The molecule has 2 nitrogen and oxygen atoms in total. The number of rotatable bonds is 5. The summed E-state index contributed by atoms with van der Waals surface area (Å²) >= 11 is 1.89. The summed E-state index contributed by atoms with van der Waals surface area (Å²) in [5.41, 5.74) is 0.0236. The van der Waals surface area contributed by atoms with E-state index in [1.54, 1.807) is 0 Å². The van der Waals surface area contributed by atoms with Crippen molar-refractivity contribution in [2.24, 2.45) is 23.2 Å². The van der Waals surface area contributed by atoms with E-state index in [0.717, 1.165) is 11.5 Å². The minimum atomic E-state index is -0.620. The van der Waals surface area contributed by atoms with Crippen molar-refractivity contribution in [2.75, 3.05) is 11.5 Å². The highest BCUT2D eigenvalue weighted by Crippen LogP contribution is 2.59. The van der Waals surface area contributed by atoms with Gasteiger partial charge in [-0.25, -0.2) is 0 Å². The molecule has 0 saturated heterocycles. The van der Waals surface area contributed by atoms with E-state index >= 15 is 0 Å². The van der Waals surface area contributed by atoms with Crippen molar-refractivity contribution in [3.05, 3.63) is 0 Å². The number of hydrogen-bond acceptors (Lipinski definition) is 2. The molecule has 3 heteroatoms. The summed E-state index contributed by atoms with van der Waals surface area (Å²) in [6.45, 7) is 8.51. The first kappa shape index (κ1) is 11.9. The first-order chi connectivity index (χ1) is 6.37. The van der Waals surface area contributed by atoms with Gasteiger partial charge in [-0.05, 0) is 28.8 Å². The van der Waals surface area contributed by atoms with Gasteiger partial charge in [0, 0.05) is 0 Å². The lowest BCUT2D eigenvalue weighted by atomic mass is 10.1. The minimum Gasteiger partial charge on any atom is -0.481 e. The predicted molar refractivity (Wildman–Crippen MR) is 60.6 cm³/mol. The fraction of sp³-hybridized carbons (Fsp3) is 0.909. The van der Waals surface area contributed by atoms with Gasteiger partial charge >= 0.3 is 5.97 Å². The highest BCUT2D eigenvalue weighted by atomic mass is 32.2. The lowest BCUT2D eigenvalue weighted by Crippen LogP contribution is -2.03. The van der Waals surface area contributed by atoms with Crippen LogP contribution in [0.4, 0.5) is 0 Å². The summed E-state index contributed by atoms with van der Waals surface area (Å²) in [6.07, 6.45) is 0. The maximum Gasteiger partial charge on any atom is 0.307 e. The van der Waals surface area contributed by atoms with E-state index in [2.05, 4.69) is 27.7 Å². The summed E-state index contributed by atoms with van der Waals surface area (Å²) in [5, 5.41) is 8.96. The fourth-order valence-electron chi connectivity index (χ4n) is 1.98. The van der Waals surface area contributed by atoms with Gasteiger partial charge in [-0.1, -0.05) is 27.7 Å². The zero-order valence-corrected chi connectivity index (χ0v) is 10.2. The first-order valence-corrected chi connectivity index (χ1v) is 6.33. The Kier molecular flexibility index (Phi) is 3.51. The lowest BCUT2D eigenvalue weighted by molar-refractivity contribution is -0.139. The molecule has 0 amide bonds. The molecule has 1 aliphatic carbocycles. The van der Waals surface area contributed by atoms with Gasteiger partial charge in [0.1, 0.15) is 0 Å². The van der Waals surface area contributed by atoms with Crippen molar-refractivity contribution in [3.63, 3.8) is 0 Å². The van der Waals surface area contributed by atoms with Crippen molar-refractivity contribution in [1.29, 1.82) is 0 Å². The van der Waals surface area contributed by atoms with Crippen LogP contribution in [0.3, 0.4) is 0 Å². The molecule has 0 aromatic heterocycles. The van der Waals surface area contributed by atoms with E-state index in [1.165, 1.54) is 0 Å². The topological polar surface area (TPSA) is 37.3 Å². The van der Waals surface area contributed by atoms with E-state index < -0.39 is 5.97 Å². The fourth-order valence-corrected chi connectivity index (χ4v) is 3.46. The summed E-state index contributed by atoms with van der Waals surface area (Å²) in [7, 11) is 0. The van der Waals surface area contributed by atoms with Crippen LogP contribution in [0.1, 0.15) is 27.7 Å². The number of carboxylic acid groups (broad SMARTS) is 1. The Morgan fingerprint density at radius 1 is 1.50 bits per heavy atom. The third-order valence-corrected chi connectivity index (χ3v) is 4.56. The Labute approximate surface area is 90.5 Å². The van der Waals surface area contributed by atoms with Crippen LogP contribution in [-0.4, -0.2) is 22.6 Å². The minimum absolute atomic E-state index is 0.0236. The molecule has 0 bridgehead atoms. The molecular weight excluding hydrogens is 196 g/mol. The van der Waals surface area contributed by atoms with Crippen molar-refractivity contribution in [3.8, 4) is 0 Å². The second kappa shape index (κ2) is 4.13. The zero-order valence-electron chi connectivity index (χ0n) is 9.41. The van der Waals surface area contributed by atoms with Crippen LogP contribution in [0.5, 0.6) is 0 Å². The molecule has 0 spiro atoms. The van der Waals surface area contributed by atoms with Crippen LogP contribution in [0.15, 0.2) is 0 Å². The molecule has 2 atom stereocenters. The standard InChI is InChI=1S/C11H20O2S/c1-7(2)5-14-6-8-9(10(12)13)11(8,3)4/h7-9H,5-6H2,1-4H3,(H,12,13)/t8?,9-/m0/s1. The molecule has 0 aromatic rings. The van der Waals surface area contributed by atoms with E-state index in [4.69, 9.17) is 5.11 Å². The molecule has 1 rings (SSSR count). The van der Waals surface area contributed by atoms with E-state index in [-0.39, 0.29) is 11.3 Å². The van der Waals surface area contributed by atoms with E-state index in [1.807, 2.05) is 11.8 Å². The molecule has 1 saturated carbocycles. The summed E-state index contributed by atoms with van der Waals surface area (Å²) < 4.78 is 0. The normalized spacial score (nSPS) is 29.2. The van der Waals surface area contributed by atoms with Gasteiger partial charge in [-0.15, -0.1) is 0 Å². The number of carboxylic acids is 1. The third-order valence-electron chi connectivity index (χ3n) is 3.07. The zero-order chi connectivity index (χ0) is 10.9. The van der Waals surface area contributed by atoms with Gasteiger partial charge in [0.05, 0.1) is 5.92 Å². The smallest absolute Gasteiger partial charge is 0.307 e. The van der Waals surface area contributed by atoms with Gasteiger partial charge < -0.3 is 5.11 Å². The van der Waals surface area contributed by atoms with Gasteiger partial charge in [0.2, 0.25) is 0 Å². The Morgan fingerprint density at radius 3 is 2.43 bits per heavy atom. The van der Waals surface area contributed by atoms with Crippen LogP contribution in [0.2, 0.25) is 0 Å². The lowest BCUT2D eigenvalue weighted by Gasteiger charge is -2.04. The van der Waals surface area contributed by atoms with Gasteiger partial charge in [0.25, 0.3) is 0 Å². The maximum absolute atomic E-state index is 10.9. The molecule has 0 aliphatic heterocycles. The Bertz CT molecular complexity index is 223. The monoisotopic (exact) mass is 216 g/mol. The van der Waals surface area contributed by atoms with Crippen molar-refractivity contribution in [2.45, 2.75) is 27.7 Å². The van der Waals surface area contributed by atoms with E-state index in [0.29, 0.717) is 11.8 Å². The second-order valence-corrected chi connectivity index (χ2v) is 6.25. The van der Waals surface area contributed by atoms with Crippen LogP contribution >= 0.6 is 11.8 Å². The molecule has 82 valence electrons. The predicted octanol–water partition coefficient (Wildman–Crippen LogP) is 2.73. The largest absolute Gasteiger partial charge is 0.481 e. The number of carbonyl (C=O) groups is 1. The highest BCUT2D eigenvalue weighted by Gasteiger charge is 2.61. The van der Waals surface area contributed by atoms with Crippen molar-refractivity contribution >= 4 is 17.7 Å². The second-order valence-electron chi connectivity index (χ2n) is 5.18. The maximum atomic E-state index is 10.9. The number of thioether (sulfide) groups is 1. The van der Waals surface area contributed by atoms with E-state index in [9.17, 15) is 4.79 Å². The average Bonchev–Trinajstić information content (AvgIpc) is 2.52. The molecule has 1 fully saturated rings. The highest BCUT2D eigenvalue weighted by molar-refractivity contribution is 7.99. The number of hydrogen-bond donors (Lipinski definition) is 1. The quantitative estimate of drug-likeness (QED) is 0.768. The third kappa shape index (κ3) is 2.44. The summed E-state index contributed by atoms with van der Waals surface area (Å²) in [4.78, 5) is 10.9. The van der Waals surface area contributed by atoms with Crippen LogP contribution < -0.4 is 0 Å². The average molecular weight is 216 g/mol. The summed E-state index contributed by atoms with van der Waals surface area (Å²) in [6, 6.07) is 0. The number of aliphatic carboxylic acids is 1. The van der Waals surface area contributed by atoms with Crippen molar-refractivity contribution < 1.29 is 9.90 Å². The molecule has 0 heterocycles. The van der Waals surface area contributed by atoms with Gasteiger partial charge in [-0.2, -0.15) is 11.8 Å². The van der Waals surface area contributed by atoms with Crippen LogP contribution in [-0.2, 0) is 4.79 Å². The molecular formula is C11H20O2S. The van der Waals surface area contributed by atoms with Crippen molar-refractivity contribution in [1.82, 2.24) is 0 Å². The first-order valence-electron chi connectivity index (χ1n) is 5.18. The Balaban J connectivity index is 2.31. The molecule has 0 aromatic carbocycles. The molecule has 1 aliphatic rings. The SMILES string of the molecule is CC(C)CSCC1[C@@H](C(=O)O)C1(C)C. The Hall–Kier alpha value is -0.180. The molecule has 1 unspecified atom stereocenters. The van der Waals surface area contributed by atoms with Gasteiger partial charge in [0.15, 0.2) is 0 Å². The summed E-state index contributed by atoms with van der Waals surface area (Å²) in [5.74, 6) is 2.49. The molecule has 0 radical (unpaired) electrons.